The quantitative estimate of drug-likeness (QED) is 0.825. The molecule has 6 nitrogen and oxygen atoms in total. The molecular weight excluding hydrogens is 270 g/mol. The van der Waals surface area contributed by atoms with Crippen LogP contribution in [0.1, 0.15) is 30.1 Å². The van der Waals surface area contributed by atoms with Crippen LogP contribution in [0.25, 0.3) is 0 Å². The number of nitrogens with one attached hydrogen (secondary N) is 1. The highest BCUT2D eigenvalue weighted by Crippen LogP contribution is 2.32. The van der Waals surface area contributed by atoms with E-state index in [1.54, 1.807) is 12.1 Å². The van der Waals surface area contributed by atoms with Gasteiger partial charge in [-0.05, 0) is 18.6 Å². The van der Waals surface area contributed by atoms with Gasteiger partial charge in [0.15, 0.2) is 5.75 Å². The van der Waals surface area contributed by atoms with Gasteiger partial charge in [-0.2, -0.15) is 0 Å². The highest BCUT2D eigenvalue weighted by atomic mass is 16.5. The van der Waals surface area contributed by atoms with E-state index in [0.29, 0.717) is 31.0 Å². The van der Waals surface area contributed by atoms with Crippen molar-refractivity contribution in [2.45, 2.75) is 19.8 Å². The number of rotatable bonds is 6. The van der Waals surface area contributed by atoms with Gasteiger partial charge in [0.25, 0.3) is 5.91 Å². The van der Waals surface area contributed by atoms with Crippen LogP contribution in [0.5, 0.6) is 5.75 Å². The van der Waals surface area contributed by atoms with Crippen molar-refractivity contribution in [2.24, 2.45) is 5.73 Å². The zero-order valence-corrected chi connectivity index (χ0v) is 12.2. The van der Waals surface area contributed by atoms with Crippen molar-refractivity contribution < 1.29 is 14.3 Å². The van der Waals surface area contributed by atoms with E-state index in [4.69, 9.17) is 10.5 Å². The van der Waals surface area contributed by atoms with Crippen LogP contribution in [-0.2, 0) is 4.79 Å². The van der Waals surface area contributed by atoms with Crippen molar-refractivity contribution >= 4 is 17.5 Å². The van der Waals surface area contributed by atoms with Crippen molar-refractivity contribution in [3.63, 3.8) is 0 Å². The minimum Gasteiger partial charge on any atom is -0.489 e. The van der Waals surface area contributed by atoms with E-state index >= 15 is 0 Å². The number of hydrogen-bond acceptors (Lipinski definition) is 4. The average Bonchev–Trinajstić information content (AvgIpc) is 2.50. The first-order valence-corrected chi connectivity index (χ1v) is 7.20. The SMILES string of the molecule is CCCCN(CC(N)=O)C(=O)c1cccc2c1OCCN2. The van der Waals surface area contributed by atoms with E-state index in [1.165, 1.54) is 4.90 Å². The van der Waals surface area contributed by atoms with Gasteiger partial charge in [0.05, 0.1) is 17.8 Å². The van der Waals surface area contributed by atoms with E-state index in [0.717, 1.165) is 18.5 Å². The zero-order chi connectivity index (χ0) is 15.2. The monoisotopic (exact) mass is 291 g/mol. The van der Waals surface area contributed by atoms with Crippen molar-refractivity contribution in [3.05, 3.63) is 23.8 Å². The maximum Gasteiger partial charge on any atom is 0.258 e. The predicted octanol–water partition coefficient (Wildman–Crippen LogP) is 1.22. The minimum atomic E-state index is -0.511. The van der Waals surface area contributed by atoms with Crippen molar-refractivity contribution in [1.29, 1.82) is 0 Å². The molecule has 2 rings (SSSR count). The number of benzene rings is 1. The maximum absolute atomic E-state index is 12.7. The molecule has 0 unspecified atom stereocenters. The van der Waals surface area contributed by atoms with Crippen molar-refractivity contribution in [2.75, 3.05) is 31.6 Å². The number of anilines is 1. The molecule has 1 heterocycles. The molecule has 0 bridgehead atoms. The molecule has 114 valence electrons. The van der Waals surface area contributed by atoms with Crippen LogP contribution in [0.4, 0.5) is 5.69 Å². The Morgan fingerprint density at radius 2 is 2.24 bits per heavy atom. The third-order valence-electron chi connectivity index (χ3n) is 3.32. The van der Waals surface area contributed by atoms with Crippen LogP contribution in [0.3, 0.4) is 0 Å². The second-order valence-corrected chi connectivity index (χ2v) is 5.00. The number of amides is 2. The molecule has 0 fully saturated rings. The lowest BCUT2D eigenvalue weighted by molar-refractivity contribution is -0.118. The number of nitrogens with two attached hydrogens (primary N) is 1. The van der Waals surface area contributed by atoms with Crippen LogP contribution in [-0.4, -0.2) is 43.0 Å². The molecular formula is C15H21N3O3. The molecule has 0 aliphatic carbocycles. The number of ether oxygens (including phenoxy) is 1. The Bertz CT molecular complexity index is 531. The maximum atomic E-state index is 12.7. The summed E-state index contributed by atoms with van der Waals surface area (Å²) in [4.78, 5) is 25.3. The summed E-state index contributed by atoms with van der Waals surface area (Å²) >= 11 is 0. The molecule has 21 heavy (non-hydrogen) atoms. The summed E-state index contributed by atoms with van der Waals surface area (Å²) in [7, 11) is 0. The van der Waals surface area contributed by atoms with Crippen LogP contribution in [0.15, 0.2) is 18.2 Å². The molecule has 1 aliphatic heterocycles. The Morgan fingerprint density at radius 3 is 2.95 bits per heavy atom. The van der Waals surface area contributed by atoms with Gasteiger partial charge in [-0.1, -0.05) is 19.4 Å². The molecule has 0 spiro atoms. The molecule has 0 atom stereocenters. The number of hydrogen-bond donors (Lipinski definition) is 2. The zero-order valence-electron chi connectivity index (χ0n) is 12.2. The lowest BCUT2D eigenvalue weighted by Crippen LogP contribution is -2.39. The van der Waals surface area contributed by atoms with Gasteiger partial charge in [0.1, 0.15) is 6.61 Å². The highest BCUT2D eigenvalue weighted by Gasteiger charge is 2.24. The summed E-state index contributed by atoms with van der Waals surface area (Å²) in [5.74, 6) is -0.175. The van der Waals surface area contributed by atoms with Gasteiger partial charge in [0.2, 0.25) is 5.91 Å². The standard InChI is InChI=1S/C15H21N3O3/c1-2-3-8-18(10-13(16)19)15(20)11-5-4-6-12-14(11)21-9-7-17-12/h4-6,17H,2-3,7-10H2,1H3,(H2,16,19). The Kier molecular flexibility index (Phi) is 5.03. The van der Waals surface area contributed by atoms with Crippen molar-refractivity contribution in [1.82, 2.24) is 4.90 Å². The second kappa shape index (κ2) is 6.97. The van der Waals surface area contributed by atoms with Crippen molar-refractivity contribution in [3.8, 4) is 5.75 Å². The highest BCUT2D eigenvalue weighted by molar-refractivity contribution is 6.00. The van der Waals surface area contributed by atoms with Crippen LogP contribution < -0.4 is 15.8 Å². The molecule has 1 aromatic rings. The molecule has 0 saturated carbocycles. The topological polar surface area (TPSA) is 84.7 Å². The molecule has 0 aromatic heterocycles. The third kappa shape index (κ3) is 3.65. The minimum absolute atomic E-state index is 0.0735. The van der Waals surface area contributed by atoms with Gasteiger partial charge in [-0.3, -0.25) is 9.59 Å². The van der Waals surface area contributed by atoms with Crippen LogP contribution >= 0.6 is 0 Å². The third-order valence-corrected chi connectivity index (χ3v) is 3.32. The first kappa shape index (κ1) is 15.2. The first-order chi connectivity index (χ1) is 10.1. The number of carbonyl (C=O) groups excluding carboxylic acids is 2. The summed E-state index contributed by atoms with van der Waals surface area (Å²) < 4.78 is 5.61. The van der Waals surface area contributed by atoms with Gasteiger partial charge < -0.3 is 20.7 Å². The largest absolute Gasteiger partial charge is 0.489 e. The first-order valence-electron chi connectivity index (χ1n) is 7.20. The van der Waals surface area contributed by atoms with Crippen LogP contribution in [0.2, 0.25) is 0 Å². The Morgan fingerprint density at radius 1 is 1.43 bits per heavy atom. The average molecular weight is 291 g/mol. The number of carbonyl (C=O) groups is 2. The number of unbranched alkanes of at least 4 members (excludes halogenated alkanes) is 1. The lowest BCUT2D eigenvalue weighted by Gasteiger charge is -2.25. The summed E-state index contributed by atoms with van der Waals surface area (Å²) in [6, 6.07) is 5.39. The number of nitrogens with zero attached hydrogens (tertiary/aromatic N) is 1. The number of primary amides is 1. The summed E-state index contributed by atoms with van der Waals surface area (Å²) in [5.41, 5.74) is 6.52. The Balaban J connectivity index is 2.25. The molecule has 6 heteroatoms. The molecule has 0 saturated heterocycles. The van der Waals surface area contributed by atoms with E-state index in [9.17, 15) is 9.59 Å². The van der Waals surface area contributed by atoms with E-state index in [1.807, 2.05) is 13.0 Å². The summed E-state index contributed by atoms with van der Waals surface area (Å²) in [6.07, 6.45) is 1.76. The molecule has 1 aliphatic rings. The smallest absolute Gasteiger partial charge is 0.258 e. The van der Waals surface area contributed by atoms with Gasteiger partial charge in [-0.15, -0.1) is 0 Å². The normalized spacial score (nSPS) is 12.8. The van der Waals surface area contributed by atoms with E-state index in [-0.39, 0.29) is 12.5 Å². The predicted molar refractivity (Wildman–Crippen MR) is 80.4 cm³/mol. The van der Waals surface area contributed by atoms with Gasteiger partial charge in [-0.25, -0.2) is 0 Å². The van der Waals surface area contributed by atoms with Gasteiger partial charge in [0, 0.05) is 13.1 Å². The molecule has 2 amide bonds. The number of para-hydroxylation sites is 1. The molecule has 3 N–H and O–H groups in total. The second-order valence-electron chi connectivity index (χ2n) is 5.00. The fourth-order valence-corrected chi connectivity index (χ4v) is 2.30. The number of fused-ring (bicyclic) bond motifs is 1. The fourth-order valence-electron chi connectivity index (χ4n) is 2.30. The van der Waals surface area contributed by atoms with E-state index < -0.39 is 5.91 Å². The summed E-state index contributed by atoms with van der Waals surface area (Å²) in [5, 5.41) is 3.19. The summed E-state index contributed by atoms with van der Waals surface area (Å²) in [6.45, 7) is 3.70. The molecule has 1 aromatic carbocycles. The lowest BCUT2D eigenvalue weighted by atomic mass is 10.1. The Hall–Kier alpha value is -2.24. The van der Waals surface area contributed by atoms with E-state index in [2.05, 4.69) is 5.32 Å². The molecule has 0 radical (unpaired) electrons. The fraction of sp³-hybridized carbons (Fsp3) is 0.467. The Labute approximate surface area is 124 Å². The van der Waals surface area contributed by atoms with Crippen LogP contribution in [0, 0.1) is 0 Å². The van der Waals surface area contributed by atoms with Gasteiger partial charge >= 0.3 is 0 Å².